The molecular weight excluding hydrogens is 374 g/mol. The summed E-state index contributed by atoms with van der Waals surface area (Å²) in [6.45, 7) is 5.23. The van der Waals surface area contributed by atoms with Gasteiger partial charge in [0, 0.05) is 16.4 Å². The number of rotatable bonds is 8. The van der Waals surface area contributed by atoms with Crippen LogP contribution in [0.5, 0.6) is 5.75 Å². The number of halogens is 1. The van der Waals surface area contributed by atoms with Gasteiger partial charge < -0.3 is 14.4 Å². The standard InChI is InChI=1S/C23H24ClNO3/c1-16-3-11-22(17(2)15-16)28-14-13-25-20(9-12-23(26)27)8-10-21(25)18-4-6-19(24)7-5-18/h3-8,10-11,15H,9,12-14H2,1-2H3,(H,26,27). The van der Waals surface area contributed by atoms with Crippen LogP contribution in [0, 0.1) is 13.8 Å². The Morgan fingerprint density at radius 3 is 2.50 bits per heavy atom. The summed E-state index contributed by atoms with van der Waals surface area (Å²) < 4.78 is 8.13. The van der Waals surface area contributed by atoms with E-state index in [4.69, 9.17) is 21.4 Å². The molecule has 0 spiro atoms. The van der Waals surface area contributed by atoms with Crippen LogP contribution in [-0.2, 0) is 17.8 Å². The van der Waals surface area contributed by atoms with Crippen LogP contribution in [0.4, 0.5) is 0 Å². The number of ether oxygens (including phenoxy) is 1. The Morgan fingerprint density at radius 2 is 1.82 bits per heavy atom. The van der Waals surface area contributed by atoms with Gasteiger partial charge in [-0.15, -0.1) is 0 Å². The lowest BCUT2D eigenvalue weighted by Crippen LogP contribution is -2.13. The number of carboxylic acids is 1. The van der Waals surface area contributed by atoms with E-state index in [2.05, 4.69) is 17.6 Å². The van der Waals surface area contributed by atoms with E-state index >= 15 is 0 Å². The molecule has 1 aromatic heterocycles. The Morgan fingerprint density at radius 1 is 1.07 bits per heavy atom. The van der Waals surface area contributed by atoms with Crippen LogP contribution >= 0.6 is 11.6 Å². The van der Waals surface area contributed by atoms with Crippen LogP contribution in [0.25, 0.3) is 11.3 Å². The fourth-order valence-corrected chi connectivity index (χ4v) is 3.43. The van der Waals surface area contributed by atoms with Gasteiger partial charge in [-0.1, -0.05) is 41.4 Å². The zero-order valence-corrected chi connectivity index (χ0v) is 16.9. The van der Waals surface area contributed by atoms with Gasteiger partial charge in [0.2, 0.25) is 0 Å². The fraction of sp³-hybridized carbons (Fsp3) is 0.261. The number of carbonyl (C=O) groups is 1. The Labute approximate surface area is 170 Å². The number of hydrogen-bond donors (Lipinski definition) is 1. The molecule has 3 rings (SSSR count). The van der Waals surface area contributed by atoms with Crippen LogP contribution in [0.3, 0.4) is 0 Å². The number of benzene rings is 2. The molecule has 0 amide bonds. The van der Waals surface area contributed by atoms with Crippen molar-refractivity contribution >= 4 is 17.6 Å². The Balaban J connectivity index is 1.80. The third-order valence-corrected chi connectivity index (χ3v) is 4.96. The van der Waals surface area contributed by atoms with Crippen molar-refractivity contribution in [3.8, 4) is 17.0 Å². The summed E-state index contributed by atoms with van der Waals surface area (Å²) in [6.07, 6.45) is 0.578. The largest absolute Gasteiger partial charge is 0.491 e. The molecule has 0 aliphatic heterocycles. The van der Waals surface area contributed by atoms with Crippen molar-refractivity contribution in [2.24, 2.45) is 0 Å². The molecule has 4 nitrogen and oxygen atoms in total. The zero-order valence-electron chi connectivity index (χ0n) is 16.1. The number of nitrogens with zero attached hydrogens (tertiary/aromatic N) is 1. The maximum atomic E-state index is 11.0. The van der Waals surface area contributed by atoms with E-state index in [0.717, 1.165) is 28.3 Å². The van der Waals surface area contributed by atoms with Crippen LogP contribution < -0.4 is 4.74 Å². The molecule has 146 valence electrons. The average molecular weight is 398 g/mol. The van der Waals surface area contributed by atoms with E-state index in [0.29, 0.717) is 24.6 Å². The van der Waals surface area contributed by atoms with Crippen molar-refractivity contribution in [2.45, 2.75) is 33.2 Å². The van der Waals surface area contributed by atoms with Crippen LogP contribution in [0.1, 0.15) is 23.2 Å². The highest BCUT2D eigenvalue weighted by Gasteiger charge is 2.12. The second-order valence-corrected chi connectivity index (χ2v) is 7.32. The normalized spacial score (nSPS) is 10.8. The van der Waals surface area contributed by atoms with Crippen molar-refractivity contribution in [2.75, 3.05) is 6.61 Å². The first-order chi connectivity index (χ1) is 13.4. The summed E-state index contributed by atoms with van der Waals surface area (Å²) in [5, 5.41) is 9.74. The van der Waals surface area contributed by atoms with Gasteiger partial charge in [-0.3, -0.25) is 4.79 Å². The number of aryl methyl sites for hydroxylation is 3. The Kier molecular flexibility index (Phi) is 6.42. The van der Waals surface area contributed by atoms with Crippen LogP contribution in [0.15, 0.2) is 54.6 Å². The number of aliphatic carboxylic acids is 1. The molecule has 0 atom stereocenters. The van der Waals surface area contributed by atoms with Gasteiger partial charge >= 0.3 is 5.97 Å². The number of carboxylic acid groups (broad SMARTS) is 1. The van der Waals surface area contributed by atoms with E-state index in [9.17, 15) is 4.79 Å². The number of aromatic nitrogens is 1. The minimum Gasteiger partial charge on any atom is -0.491 e. The van der Waals surface area contributed by atoms with E-state index in [1.54, 1.807) is 0 Å². The van der Waals surface area contributed by atoms with Crippen LogP contribution in [0.2, 0.25) is 5.02 Å². The third-order valence-electron chi connectivity index (χ3n) is 4.71. The van der Waals surface area contributed by atoms with Gasteiger partial charge in [-0.05, 0) is 61.7 Å². The lowest BCUT2D eigenvalue weighted by molar-refractivity contribution is -0.136. The fourth-order valence-electron chi connectivity index (χ4n) is 3.31. The molecule has 2 aromatic carbocycles. The van der Waals surface area contributed by atoms with Crippen molar-refractivity contribution in [3.63, 3.8) is 0 Å². The minimum absolute atomic E-state index is 0.0992. The molecule has 0 fully saturated rings. The van der Waals surface area contributed by atoms with Gasteiger partial charge in [-0.25, -0.2) is 0 Å². The number of hydrogen-bond acceptors (Lipinski definition) is 2. The van der Waals surface area contributed by atoms with Crippen molar-refractivity contribution < 1.29 is 14.6 Å². The predicted octanol–water partition coefficient (Wildman–Crippen LogP) is 5.52. The molecule has 3 aromatic rings. The van der Waals surface area contributed by atoms with Crippen molar-refractivity contribution in [3.05, 3.63) is 76.4 Å². The lowest BCUT2D eigenvalue weighted by Gasteiger charge is -2.15. The summed E-state index contributed by atoms with van der Waals surface area (Å²) in [5.74, 6) is 0.0743. The molecule has 1 N–H and O–H groups in total. The molecule has 0 aliphatic rings. The first kappa shape index (κ1) is 20.0. The summed E-state index contributed by atoms with van der Waals surface area (Å²) in [4.78, 5) is 11.0. The molecule has 0 saturated heterocycles. The first-order valence-corrected chi connectivity index (χ1v) is 9.68. The van der Waals surface area contributed by atoms with Crippen molar-refractivity contribution in [1.82, 2.24) is 4.57 Å². The maximum Gasteiger partial charge on any atom is 0.303 e. The first-order valence-electron chi connectivity index (χ1n) is 9.30. The van der Waals surface area contributed by atoms with Gasteiger partial charge in [0.1, 0.15) is 12.4 Å². The van der Waals surface area contributed by atoms with Gasteiger partial charge in [-0.2, -0.15) is 0 Å². The summed E-state index contributed by atoms with van der Waals surface area (Å²) >= 11 is 6.01. The summed E-state index contributed by atoms with van der Waals surface area (Å²) in [7, 11) is 0. The third kappa shape index (κ3) is 4.96. The lowest BCUT2D eigenvalue weighted by atomic mass is 10.1. The topological polar surface area (TPSA) is 51.5 Å². The molecular formula is C23H24ClNO3. The molecule has 0 saturated carbocycles. The van der Waals surface area contributed by atoms with E-state index in [1.807, 2.05) is 55.5 Å². The molecule has 28 heavy (non-hydrogen) atoms. The second-order valence-electron chi connectivity index (χ2n) is 6.88. The maximum absolute atomic E-state index is 11.0. The highest BCUT2D eigenvalue weighted by molar-refractivity contribution is 6.30. The molecule has 1 heterocycles. The predicted molar refractivity (Wildman–Crippen MR) is 112 cm³/mol. The van der Waals surface area contributed by atoms with E-state index < -0.39 is 5.97 Å². The molecule has 0 unspecified atom stereocenters. The zero-order chi connectivity index (χ0) is 20.1. The molecule has 0 bridgehead atoms. The smallest absolute Gasteiger partial charge is 0.303 e. The van der Waals surface area contributed by atoms with Crippen molar-refractivity contribution in [1.29, 1.82) is 0 Å². The Bertz CT molecular complexity index is 960. The van der Waals surface area contributed by atoms with Gasteiger partial charge in [0.25, 0.3) is 0 Å². The van der Waals surface area contributed by atoms with Crippen LogP contribution in [-0.4, -0.2) is 22.2 Å². The SMILES string of the molecule is Cc1ccc(OCCn2c(CCC(=O)O)ccc2-c2ccc(Cl)cc2)c(C)c1. The summed E-state index contributed by atoms with van der Waals surface area (Å²) in [5.41, 5.74) is 5.36. The summed E-state index contributed by atoms with van der Waals surface area (Å²) in [6, 6.07) is 17.8. The van der Waals surface area contributed by atoms with E-state index in [1.165, 1.54) is 5.56 Å². The van der Waals surface area contributed by atoms with E-state index in [-0.39, 0.29) is 6.42 Å². The molecule has 0 radical (unpaired) electrons. The average Bonchev–Trinajstić information content (AvgIpc) is 3.05. The highest BCUT2D eigenvalue weighted by Crippen LogP contribution is 2.26. The minimum atomic E-state index is -0.799. The molecule has 0 aliphatic carbocycles. The quantitative estimate of drug-likeness (QED) is 0.544. The van der Waals surface area contributed by atoms with Gasteiger partial charge in [0.15, 0.2) is 0 Å². The highest BCUT2D eigenvalue weighted by atomic mass is 35.5. The molecule has 5 heteroatoms. The Hall–Kier alpha value is -2.72. The van der Waals surface area contributed by atoms with Gasteiger partial charge in [0.05, 0.1) is 13.0 Å². The second kappa shape index (κ2) is 8.98. The monoisotopic (exact) mass is 397 g/mol.